The quantitative estimate of drug-likeness (QED) is 0.927. The maximum atomic E-state index is 12.6. The van der Waals surface area contributed by atoms with Crippen LogP contribution < -0.4 is 5.32 Å². The molecule has 0 atom stereocenters. The second-order valence-corrected chi connectivity index (χ2v) is 5.36. The van der Waals surface area contributed by atoms with E-state index in [1.807, 2.05) is 35.2 Å². The highest BCUT2D eigenvalue weighted by molar-refractivity contribution is 6.34. The summed E-state index contributed by atoms with van der Waals surface area (Å²) in [5.41, 5.74) is 2.28. The molecule has 5 heteroatoms. The van der Waals surface area contributed by atoms with Crippen LogP contribution in [0.2, 0.25) is 5.02 Å². The van der Waals surface area contributed by atoms with Crippen molar-refractivity contribution in [3.63, 3.8) is 0 Å². The van der Waals surface area contributed by atoms with Crippen LogP contribution in [0.5, 0.6) is 0 Å². The number of piperazine rings is 1. The van der Waals surface area contributed by atoms with Crippen LogP contribution in [0, 0.1) is 0 Å². The van der Waals surface area contributed by atoms with E-state index >= 15 is 0 Å². The van der Waals surface area contributed by atoms with Crippen LogP contribution in [-0.4, -0.2) is 42.0 Å². The molecule has 1 N–H and O–H groups in total. The summed E-state index contributed by atoms with van der Waals surface area (Å²) < 4.78 is 0. The number of benzene rings is 1. The predicted octanol–water partition coefficient (Wildman–Crippen LogP) is 2.45. The molecule has 0 unspecified atom stereocenters. The molecule has 21 heavy (non-hydrogen) atoms. The SMILES string of the molecule is O=C(c1cc(-c2ccccn2)ccc1Cl)N1CCNCC1. The topological polar surface area (TPSA) is 45.2 Å². The third-order valence-corrected chi connectivity index (χ3v) is 3.89. The van der Waals surface area contributed by atoms with Gasteiger partial charge in [-0.3, -0.25) is 9.78 Å². The van der Waals surface area contributed by atoms with Gasteiger partial charge in [-0.1, -0.05) is 23.7 Å². The van der Waals surface area contributed by atoms with Crippen LogP contribution in [0.25, 0.3) is 11.3 Å². The van der Waals surface area contributed by atoms with Gasteiger partial charge in [0.25, 0.3) is 5.91 Å². The molecular weight excluding hydrogens is 286 g/mol. The van der Waals surface area contributed by atoms with Crippen LogP contribution >= 0.6 is 11.6 Å². The van der Waals surface area contributed by atoms with Crippen molar-refractivity contribution in [1.82, 2.24) is 15.2 Å². The zero-order valence-electron chi connectivity index (χ0n) is 11.6. The average molecular weight is 302 g/mol. The fourth-order valence-electron chi connectivity index (χ4n) is 2.42. The van der Waals surface area contributed by atoms with E-state index in [-0.39, 0.29) is 5.91 Å². The molecule has 0 spiro atoms. The first kappa shape index (κ1) is 14.0. The van der Waals surface area contributed by atoms with Crippen molar-refractivity contribution in [1.29, 1.82) is 0 Å². The molecule has 0 radical (unpaired) electrons. The lowest BCUT2D eigenvalue weighted by Crippen LogP contribution is -2.46. The highest BCUT2D eigenvalue weighted by atomic mass is 35.5. The van der Waals surface area contributed by atoms with Gasteiger partial charge in [0.1, 0.15) is 0 Å². The number of hydrogen-bond acceptors (Lipinski definition) is 3. The van der Waals surface area contributed by atoms with Gasteiger partial charge in [-0.15, -0.1) is 0 Å². The number of aromatic nitrogens is 1. The third kappa shape index (κ3) is 3.06. The molecule has 2 heterocycles. The third-order valence-electron chi connectivity index (χ3n) is 3.56. The van der Waals surface area contributed by atoms with Crippen molar-refractivity contribution in [3.8, 4) is 11.3 Å². The molecule has 108 valence electrons. The second-order valence-electron chi connectivity index (χ2n) is 4.95. The minimum absolute atomic E-state index is 0.0146. The Morgan fingerprint density at radius 2 is 2.00 bits per heavy atom. The fraction of sp³-hybridized carbons (Fsp3) is 0.250. The van der Waals surface area contributed by atoms with E-state index in [9.17, 15) is 4.79 Å². The largest absolute Gasteiger partial charge is 0.336 e. The van der Waals surface area contributed by atoms with E-state index < -0.39 is 0 Å². The zero-order chi connectivity index (χ0) is 14.7. The van der Waals surface area contributed by atoms with Crippen LogP contribution in [0.15, 0.2) is 42.6 Å². The minimum atomic E-state index is -0.0146. The van der Waals surface area contributed by atoms with E-state index in [1.165, 1.54) is 0 Å². The second kappa shape index (κ2) is 6.24. The van der Waals surface area contributed by atoms with Crippen molar-refractivity contribution < 1.29 is 4.79 Å². The number of nitrogens with one attached hydrogen (secondary N) is 1. The number of carbonyl (C=O) groups is 1. The molecule has 0 aliphatic carbocycles. The van der Waals surface area contributed by atoms with Crippen LogP contribution in [0.3, 0.4) is 0 Å². The molecular formula is C16H16ClN3O. The average Bonchev–Trinajstić information content (AvgIpc) is 2.56. The van der Waals surface area contributed by atoms with Crippen molar-refractivity contribution in [2.45, 2.75) is 0 Å². The number of hydrogen-bond donors (Lipinski definition) is 1. The summed E-state index contributed by atoms with van der Waals surface area (Å²) in [5, 5.41) is 3.72. The van der Waals surface area contributed by atoms with E-state index in [2.05, 4.69) is 10.3 Å². The Hall–Kier alpha value is -1.91. The van der Waals surface area contributed by atoms with Gasteiger partial charge in [0.2, 0.25) is 0 Å². The summed E-state index contributed by atoms with van der Waals surface area (Å²) in [6.07, 6.45) is 1.74. The first-order valence-corrected chi connectivity index (χ1v) is 7.34. The van der Waals surface area contributed by atoms with Crippen LogP contribution in [0.4, 0.5) is 0 Å². The maximum absolute atomic E-state index is 12.6. The monoisotopic (exact) mass is 301 g/mol. The molecule has 1 saturated heterocycles. The first-order chi connectivity index (χ1) is 10.3. The number of rotatable bonds is 2. The maximum Gasteiger partial charge on any atom is 0.255 e. The molecule has 1 aliphatic heterocycles. The van der Waals surface area contributed by atoms with Crippen LogP contribution in [0.1, 0.15) is 10.4 Å². The van der Waals surface area contributed by atoms with E-state index in [0.717, 1.165) is 24.3 Å². The molecule has 1 aliphatic rings. The van der Waals surface area contributed by atoms with Crippen molar-refractivity contribution >= 4 is 17.5 Å². The van der Waals surface area contributed by atoms with Gasteiger partial charge in [-0.2, -0.15) is 0 Å². The van der Waals surface area contributed by atoms with Gasteiger partial charge >= 0.3 is 0 Å². The standard InChI is InChI=1S/C16H16ClN3O/c17-14-5-4-12(15-3-1-2-6-19-15)11-13(14)16(21)20-9-7-18-8-10-20/h1-6,11,18H,7-10H2. The van der Waals surface area contributed by atoms with Gasteiger partial charge in [0, 0.05) is 37.9 Å². The normalized spacial score (nSPS) is 15.0. The summed E-state index contributed by atoms with van der Waals surface area (Å²) in [6.45, 7) is 3.07. The van der Waals surface area contributed by atoms with Crippen molar-refractivity contribution in [3.05, 3.63) is 53.2 Å². The minimum Gasteiger partial charge on any atom is -0.336 e. The van der Waals surface area contributed by atoms with E-state index in [1.54, 1.807) is 12.3 Å². The Morgan fingerprint density at radius 1 is 1.19 bits per heavy atom. The fourth-order valence-corrected chi connectivity index (χ4v) is 2.62. The lowest BCUT2D eigenvalue weighted by Gasteiger charge is -2.27. The van der Waals surface area contributed by atoms with Crippen LogP contribution in [-0.2, 0) is 0 Å². The summed E-state index contributed by atoms with van der Waals surface area (Å²) in [6, 6.07) is 11.2. The molecule has 1 aromatic heterocycles. The van der Waals surface area contributed by atoms with Gasteiger partial charge in [-0.25, -0.2) is 0 Å². The summed E-state index contributed by atoms with van der Waals surface area (Å²) in [4.78, 5) is 18.7. The van der Waals surface area contributed by atoms with Gasteiger partial charge in [0.15, 0.2) is 0 Å². The number of nitrogens with zero attached hydrogens (tertiary/aromatic N) is 2. The molecule has 1 fully saturated rings. The van der Waals surface area contributed by atoms with E-state index in [0.29, 0.717) is 23.7 Å². The Morgan fingerprint density at radius 3 is 2.71 bits per heavy atom. The van der Waals surface area contributed by atoms with Gasteiger partial charge in [0.05, 0.1) is 16.3 Å². The molecule has 4 nitrogen and oxygen atoms in total. The number of amides is 1. The Labute approximate surface area is 128 Å². The summed E-state index contributed by atoms with van der Waals surface area (Å²) >= 11 is 6.21. The number of pyridine rings is 1. The lowest BCUT2D eigenvalue weighted by molar-refractivity contribution is 0.0736. The smallest absolute Gasteiger partial charge is 0.255 e. The van der Waals surface area contributed by atoms with Crippen molar-refractivity contribution in [2.75, 3.05) is 26.2 Å². The Balaban J connectivity index is 1.93. The molecule has 1 aromatic carbocycles. The molecule has 0 saturated carbocycles. The highest BCUT2D eigenvalue weighted by Crippen LogP contribution is 2.25. The molecule has 0 bridgehead atoms. The number of halogens is 1. The van der Waals surface area contributed by atoms with Gasteiger partial charge < -0.3 is 10.2 Å². The van der Waals surface area contributed by atoms with Crippen molar-refractivity contribution in [2.24, 2.45) is 0 Å². The molecule has 2 aromatic rings. The Kier molecular flexibility index (Phi) is 4.18. The lowest BCUT2D eigenvalue weighted by atomic mass is 10.1. The molecule has 1 amide bonds. The van der Waals surface area contributed by atoms with E-state index in [4.69, 9.17) is 11.6 Å². The molecule has 3 rings (SSSR count). The first-order valence-electron chi connectivity index (χ1n) is 6.96. The Bertz CT molecular complexity index is 639. The predicted molar refractivity (Wildman–Crippen MR) is 83.5 cm³/mol. The highest BCUT2D eigenvalue weighted by Gasteiger charge is 2.20. The zero-order valence-corrected chi connectivity index (χ0v) is 12.3. The number of carbonyl (C=O) groups excluding carboxylic acids is 1. The van der Waals surface area contributed by atoms with Gasteiger partial charge in [-0.05, 0) is 24.3 Å². The summed E-state index contributed by atoms with van der Waals surface area (Å²) in [5.74, 6) is -0.0146. The summed E-state index contributed by atoms with van der Waals surface area (Å²) in [7, 11) is 0.